The van der Waals surface area contributed by atoms with Gasteiger partial charge in [-0.15, -0.1) is 0 Å². The number of piperazine rings is 1. The van der Waals surface area contributed by atoms with Crippen molar-refractivity contribution >= 4 is 48.4 Å². The Kier molecular flexibility index (Phi) is 5.93. The number of pyridine rings is 1. The number of sulfonamides is 1. The highest BCUT2D eigenvalue weighted by Crippen LogP contribution is 2.28. The SMILES string of the molecule is Cc1ccc(NS(=O)(=O)c2cccc(C(=O)N3CCN(c4nc5cccnc5s4)CC3)c2)cc1. The lowest BCUT2D eigenvalue weighted by atomic mass is 10.2. The van der Waals surface area contributed by atoms with Gasteiger partial charge < -0.3 is 9.80 Å². The quantitative estimate of drug-likeness (QED) is 0.455. The topological polar surface area (TPSA) is 95.5 Å². The minimum Gasteiger partial charge on any atom is -0.344 e. The summed E-state index contributed by atoms with van der Waals surface area (Å²) in [6, 6.07) is 17.1. The zero-order valence-corrected chi connectivity index (χ0v) is 20.1. The van der Waals surface area contributed by atoms with Gasteiger partial charge in [0, 0.05) is 43.6 Å². The maximum absolute atomic E-state index is 13.1. The van der Waals surface area contributed by atoms with E-state index in [-0.39, 0.29) is 10.8 Å². The van der Waals surface area contributed by atoms with Gasteiger partial charge in [0.1, 0.15) is 10.3 Å². The summed E-state index contributed by atoms with van der Waals surface area (Å²) in [7, 11) is -3.81. The summed E-state index contributed by atoms with van der Waals surface area (Å²) in [5, 5.41) is 0.899. The van der Waals surface area contributed by atoms with Crippen LogP contribution in [0.25, 0.3) is 10.3 Å². The van der Waals surface area contributed by atoms with Gasteiger partial charge >= 0.3 is 0 Å². The molecule has 0 atom stereocenters. The van der Waals surface area contributed by atoms with Gasteiger partial charge in [0.15, 0.2) is 5.13 Å². The molecule has 3 heterocycles. The third-order valence-corrected chi connectivity index (χ3v) is 8.11. The van der Waals surface area contributed by atoms with Crippen LogP contribution in [-0.4, -0.2) is 55.4 Å². The van der Waals surface area contributed by atoms with Crippen LogP contribution in [0, 0.1) is 6.92 Å². The van der Waals surface area contributed by atoms with E-state index in [0.29, 0.717) is 37.4 Å². The molecular weight excluding hydrogens is 470 g/mol. The van der Waals surface area contributed by atoms with E-state index in [1.807, 2.05) is 31.2 Å². The maximum atomic E-state index is 13.1. The van der Waals surface area contributed by atoms with Crippen LogP contribution >= 0.6 is 11.3 Å². The summed E-state index contributed by atoms with van der Waals surface area (Å²) < 4.78 is 28.3. The van der Waals surface area contributed by atoms with Gasteiger partial charge in [-0.2, -0.15) is 0 Å². The number of rotatable bonds is 5. The second-order valence-corrected chi connectivity index (χ2v) is 10.7. The molecule has 0 spiro atoms. The summed E-state index contributed by atoms with van der Waals surface area (Å²) in [5.74, 6) is -0.182. The number of fused-ring (bicyclic) bond motifs is 1. The molecule has 34 heavy (non-hydrogen) atoms. The summed E-state index contributed by atoms with van der Waals surface area (Å²) in [6.45, 7) is 4.29. The number of carbonyl (C=O) groups excluding carboxylic acids is 1. The van der Waals surface area contributed by atoms with Crippen molar-refractivity contribution in [2.24, 2.45) is 0 Å². The number of aryl methyl sites for hydroxylation is 1. The van der Waals surface area contributed by atoms with E-state index >= 15 is 0 Å². The molecule has 8 nitrogen and oxygen atoms in total. The van der Waals surface area contributed by atoms with Crippen molar-refractivity contribution in [3.05, 3.63) is 78.0 Å². The van der Waals surface area contributed by atoms with E-state index < -0.39 is 10.0 Å². The highest BCUT2D eigenvalue weighted by Gasteiger charge is 2.25. The van der Waals surface area contributed by atoms with E-state index in [4.69, 9.17) is 0 Å². The summed E-state index contributed by atoms with van der Waals surface area (Å²) in [5.41, 5.74) is 2.74. The number of amides is 1. The van der Waals surface area contributed by atoms with Crippen molar-refractivity contribution in [3.63, 3.8) is 0 Å². The zero-order valence-electron chi connectivity index (χ0n) is 18.5. The minimum atomic E-state index is -3.81. The molecule has 5 rings (SSSR count). The molecule has 4 aromatic rings. The van der Waals surface area contributed by atoms with Crippen LogP contribution in [0.2, 0.25) is 0 Å². The number of hydrogen-bond acceptors (Lipinski definition) is 7. The van der Waals surface area contributed by atoms with Crippen LogP contribution in [0.15, 0.2) is 71.8 Å². The average Bonchev–Trinajstić information content (AvgIpc) is 3.29. The zero-order chi connectivity index (χ0) is 23.7. The Balaban J connectivity index is 1.27. The lowest BCUT2D eigenvalue weighted by molar-refractivity contribution is 0.0746. The number of anilines is 2. The first-order chi connectivity index (χ1) is 16.4. The van der Waals surface area contributed by atoms with E-state index in [1.54, 1.807) is 46.7 Å². The monoisotopic (exact) mass is 493 g/mol. The first-order valence-electron chi connectivity index (χ1n) is 10.8. The van der Waals surface area contributed by atoms with Crippen LogP contribution in [0.5, 0.6) is 0 Å². The third kappa shape index (κ3) is 4.59. The van der Waals surface area contributed by atoms with Crippen LogP contribution < -0.4 is 9.62 Å². The van der Waals surface area contributed by atoms with Gasteiger partial charge in [-0.3, -0.25) is 9.52 Å². The number of thiazole rings is 1. The second kappa shape index (κ2) is 9.03. The fourth-order valence-electron chi connectivity index (χ4n) is 3.81. The van der Waals surface area contributed by atoms with E-state index in [9.17, 15) is 13.2 Å². The molecule has 1 fully saturated rings. The molecule has 0 saturated carbocycles. The second-order valence-electron chi connectivity index (χ2n) is 8.10. The highest BCUT2D eigenvalue weighted by atomic mass is 32.2. The van der Waals surface area contributed by atoms with Gasteiger partial charge in [-0.25, -0.2) is 18.4 Å². The van der Waals surface area contributed by atoms with Crippen molar-refractivity contribution in [2.45, 2.75) is 11.8 Å². The number of hydrogen-bond donors (Lipinski definition) is 1. The molecule has 2 aromatic carbocycles. The third-order valence-electron chi connectivity index (χ3n) is 5.69. The Morgan fingerprint density at radius 3 is 2.50 bits per heavy atom. The van der Waals surface area contributed by atoms with Crippen LogP contribution in [-0.2, 0) is 10.0 Å². The van der Waals surface area contributed by atoms with E-state index in [1.165, 1.54) is 12.1 Å². The molecule has 1 aliphatic heterocycles. The fourth-order valence-corrected chi connectivity index (χ4v) is 5.87. The van der Waals surface area contributed by atoms with Gasteiger partial charge in [0.05, 0.1) is 4.90 Å². The molecule has 2 aromatic heterocycles. The number of benzene rings is 2. The number of nitrogens with one attached hydrogen (secondary N) is 1. The van der Waals surface area contributed by atoms with Crippen molar-refractivity contribution in [1.29, 1.82) is 0 Å². The molecule has 1 amide bonds. The highest BCUT2D eigenvalue weighted by molar-refractivity contribution is 7.92. The van der Waals surface area contributed by atoms with Crippen molar-refractivity contribution < 1.29 is 13.2 Å². The van der Waals surface area contributed by atoms with E-state index in [2.05, 4.69) is 19.6 Å². The predicted molar refractivity (Wildman–Crippen MR) is 134 cm³/mol. The standard InChI is InChI=1S/C24H23N5O3S2/c1-17-7-9-19(10-8-17)27-34(31,32)20-5-2-4-18(16-20)23(30)28-12-14-29(15-13-28)24-26-21-6-3-11-25-22(21)33-24/h2-11,16,27H,12-15H2,1H3. The molecule has 1 saturated heterocycles. The molecular formula is C24H23N5O3S2. The molecule has 0 unspecified atom stereocenters. The Morgan fingerprint density at radius 1 is 1.00 bits per heavy atom. The predicted octanol–water partition coefficient (Wildman–Crippen LogP) is 3.76. The molecule has 1 N–H and O–H groups in total. The van der Waals surface area contributed by atoms with Gasteiger partial charge in [-0.05, 0) is 49.4 Å². The molecule has 1 aliphatic rings. The lowest BCUT2D eigenvalue weighted by Crippen LogP contribution is -2.48. The van der Waals surface area contributed by atoms with Crippen LogP contribution in [0.1, 0.15) is 15.9 Å². The Labute approximate surface area is 201 Å². The summed E-state index contributed by atoms with van der Waals surface area (Å²) in [4.78, 5) is 27.0. The maximum Gasteiger partial charge on any atom is 0.261 e. The lowest BCUT2D eigenvalue weighted by Gasteiger charge is -2.34. The molecule has 174 valence electrons. The number of nitrogens with zero attached hydrogens (tertiary/aromatic N) is 4. The molecule has 0 aliphatic carbocycles. The van der Waals surface area contributed by atoms with Gasteiger partial charge in [-0.1, -0.05) is 35.1 Å². The minimum absolute atomic E-state index is 0.0551. The Hall–Kier alpha value is -3.50. The first kappa shape index (κ1) is 22.3. The summed E-state index contributed by atoms with van der Waals surface area (Å²) >= 11 is 1.54. The van der Waals surface area contributed by atoms with Gasteiger partial charge in [0.2, 0.25) is 0 Å². The normalized spacial score (nSPS) is 14.4. The molecule has 10 heteroatoms. The Morgan fingerprint density at radius 2 is 1.76 bits per heavy atom. The largest absolute Gasteiger partial charge is 0.344 e. The first-order valence-corrected chi connectivity index (χ1v) is 13.1. The van der Waals surface area contributed by atoms with Crippen molar-refractivity contribution in [1.82, 2.24) is 14.9 Å². The van der Waals surface area contributed by atoms with Gasteiger partial charge in [0.25, 0.3) is 15.9 Å². The number of aromatic nitrogens is 2. The van der Waals surface area contributed by atoms with Crippen molar-refractivity contribution in [2.75, 3.05) is 35.8 Å². The van der Waals surface area contributed by atoms with E-state index in [0.717, 1.165) is 21.0 Å². The van der Waals surface area contributed by atoms with Crippen molar-refractivity contribution in [3.8, 4) is 0 Å². The fraction of sp³-hybridized carbons (Fsp3) is 0.208. The molecule has 0 radical (unpaired) electrons. The van der Waals surface area contributed by atoms with Crippen LogP contribution in [0.4, 0.5) is 10.8 Å². The summed E-state index contributed by atoms with van der Waals surface area (Å²) in [6.07, 6.45) is 1.76. The number of carbonyl (C=O) groups is 1. The average molecular weight is 494 g/mol. The Bertz CT molecular complexity index is 1410. The van der Waals surface area contributed by atoms with Crippen LogP contribution in [0.3, 0.4) is 0 Å². The smallest absolute Gasteiger partial charge is 0.261 e. The molecule has 0 bridgehead atoms.